The van der Waals surface area contributed by atoms with Crippen molar-refractivity contribution in [2.75, 3.05) is 11.5 Å². The van der Waals surface area contributed by atoms with Gasteiger partial charge in [0.15, 0.2) is 0 Å². The summed E-state index contributed by atoms with van der Waals surface area (Å²) < 4.78 is 5.49. The molecule has 0 saturated carbocycles. The summed E-state index contributed by atoms with van der Waals surface area (Å²) in [7, 11) is 0. The van der Waals surface area contributed by atoms with E-state index in [2.05, 4.69) is 5.32 Å². The molecule has 2 fully saturated rings. The predicted octanol–water partition coefficient (Wildman–Crippen LogP) is 3.09. The molecule has 2 aliphatic heterocycles. The molecular weight excluding hydrogens is 460 g/mol. The summed E-state index contributed by atoms with van der Waals surface area (Å²) in [6, 6.07) is 20.7. The van der Waals surface area contributed by atoms with E-state index in [4.69, 9.17) is 4.74 Å². The van der Waals surface area contributed by atoms with E-state index in [9.17, 15) is 24.6 Å². The number of nitrogens with zero attached hydrogens (tertiary/aromatic N) is 1. The highest BCUT2D eigenvalue weighted by Crippen LogP contribution is 2.51. The molecule has 0 bridgehead atoms. The number of nitrogens with one attached hydrogen (secondary N) is 1. The van der Waals surface area contributed by atoms with E-state index in [0.717, 1.165) is 4.90 Å². The number of aromatic hydroxyl groups is 2. The van der Waals surface area contributed by atoms with E-state index in [0.29, 0.717) is 16.8 Å². The van der Waals surface area contributed by atoms with Crippen LogP contribution in [0.3, 0.4) is 0 Å². The first-order chi connectivity index (χ1) is 17.4. The lowest BCUT2D eigenvalue weighted by molar-refractivity contribution is -0.154. The lowest BCUT2D eigenvalue weighted by atomic mass is 9.76. The Balaban J connectivity index is 1.67. The van der Waals surface area contributed by atoms with Crippen molar-refractivity contribution in [2.45, 2.75) is 24.9 Å². The summed E-state index contributed by atoms with van der Waals surface area (Å²) in [6.45, 7) is 1.79. The molecule has 8 heteroatoms. The zero-order valence-corrected chi connectivity index (χ0v) is 19.6. The summed E-state index contributed by atoms with van der Waals surface area (Å²) in [5.74, 6) is -3.26. The van der Waals surface area contributed by atoms with Crippen LogP contribution in [0.2, 0.25) is 0 Å². The Labute approximate surface area is 208 Å². The molecule has 3 aromatic carbocycles. The van der Waals surface area contributed by atoms with Crippen molar-refractivity contribution in [1.29, 1.82) is 0 Å². The number of benzene rings is 3. The van der Waals surface area contributed by atoms with Gasteiger partial charge in [0.05, 0.1) is 24.1 Å². The number of phenolic OH excluding ortho intramolecular Hbond substituents is 2. The number of hydrogen-bond acceptors (Lipinski definition) is 7. The number of carbonyl (C=O) groups excluding carboxylic acids is 3. The van der Waals surface area contributed by atoms with Crippen LogP contribution >= 0.6 is 0 Å². The van der Waals surface area contributed by atoms with Gasteiger partial charge in [-0.3, -0.25) is 19.7 Å². The molecule has 0 aliphatic carbocycles. The second kappa shape index (κ2) is 9.13. The van der Waals surface area contributed by atoms with Crippen LogP contribution in [0.4, 0.5) is 5.69 Å². The van der Waals surface area contributed by atoms with Crippen molar-refractivity contribution in [3.8, 4) is 11.5 Å². The van der Waals surface area contributed by atoms with Gasteiger partial charge < -0.3 is 14.9 Å². The highest BCUT2D eigenvalue weighted by atomic mass is 16.5. The van der Waals surface area contributed by atoms with Crippen LogP contribution in [0, 0.1) is 11.8 Å². The van der Waals surface area contributed by atoms with Gasteiger partial charge in [0.1, 0.15) is 17.0 Å². The van der Waals surface area contributed by atoms with Crippen LogP contribution in [-0.4, -0.2) is 40.1 Å². The van der Waals surface area contributed by atoms with E-state index < -0.39 is 41.2 Å². The van der Waals surface area contributed by atoms with Crippen LogP contribution in [-0.2, 0) is 25.5 Å². The fraction of sp³-hybridized carbons (Fsp3) is 0.250. The minimum Gasteiger partial charge on any atom is -0.508 e. The third-order valence-corrected chi connectivity index (χ3v) is 6.98. The lowest BCUT2D eigenvalue weighted by Crippen LogP contribution is -2.58. The van der Waals surface area contributed by atoms with Gasteiger partial charge in [0.25, 0.3) is 0 Å². The highest BCUT2D eigenvalue weighted by molar-refractivity contribution is 6.24. The second-order valence-electron chi connectivity index (χ2n) is 9.10. The average Bonchev–Trinajstić information content (AvgIpc) is 3.35. The Bertz CT molecular complexity index is 1290. The molecule has 0 radical (unpaired) electrons. The van der Waals surface area contributed by atoms with E-state index in [1.54, 1.807) is 61.5 Å². The molecule has 2 aliphatic rings. The van der Waals surface area contributed by atoms with E-state index in [-0.39, 0.29) is 24.5 Å². The number of esters is 1. The maximum absolute atomic E-state index is 14.0. The number of carbonyl (C=O) groups is 3. The van der Waals surface area contributed by atoms with Crippen molar-refractivity contribution in [3.63, 3.8) is 0 Å². The third-order valence-electron chi connectivity index (χ3n) is 6.98. The van der Waals surface area contributed by atoms with Gasteiger partial charge in [-0.25, -0.2) is 4.90 Å². The Morgan fingerprint density at radius 1 is 0.917 bits per heavy atom. The van der Waals surface area contributed by atoms with Crippen molar-refractivity contribution in [1.82, 2.24) is 5.32 Å². The van der Waals surface area contributed by atoms with Crippen molar-refractivity contribution in [3.05, 3.63) is 90.0 Å². The van der Waals surface area contributed by atoms with Gasteiger partial charge >= 0.3 is 5.97 Å². The minimum absolute atomic E-state index is 0.0637. The summed E-state index contributed by atoms with van der Waals surface area (Å²) in [6.07, 6.45) is 0.0729. The number of hydrogen-bond donors (Lipinski definition) is 3. The normalized spacial score (nSPS) is 25.1. The Morgan fingerprint density at radius 3 is 2.14 bits per heavy atom. The van der Waals surface area contributed by atoms with E-state index in [1.165, 1.54) is 24.3 Å². The van der Waals surface area contributed by atoms with E-state index >= 15 is 0 Å². The van der Waals surface area contributed by atoms with Gasteiger partial charge in [0.2, 0.25) is 11.8 Å². The smallest absolute Gasteiger partial charge is 0.327 e. The van der Waals surface area contributed by atoms with Crippen molar-refractivity contribution < 1.29 is 29.3 Å². The number of anilines is 1. The number of ether oxygens (including phenoxy) is 1. The molecule has 2 amide bonds. The molecule has 0 aromatic heterocycles. The van der Waals surface area contributed by atoms with Crippen molar-refractivity contribution in [2.24, 2.45) is 11.8 Å². The number of rotatable bonds is 6. The van der Waals surface area contributed by atoms with Crippen LogP contribution in [0.25, 0.3) is 0 Å². The van der Waals surface area contributed by atoms with Gasteiger partial charge in [-0.05, 0) is 54.4 Å². The maximum atomic E-state index is 14.0. The molecule has 3 aromatic rings. The molecule has 3 N–H and O–H groups in total. The topological polar surface area (TPSA) is 116 Å². The van der Waals surface area contributed by atoms with Gasteiger partial charge in [0, 0.05) is 12.5 Å². The Kier molecular flexibility index (Phi) is 5.97. The first-order valence-corrected chi connectivity index (χ1v) is 11.8. The van der Waals surface area contributed by atoms with Crippen LogP contribution in [0.1, 0.15) is 24.1 Å². The molecule has 184 valence electrons. The number of imide groups is 1. The first-order valence-electron chi connectivity index (χ1n) is 11.8. The molecule has 8 nitrogen and oxygen atoms in total. The number of para-hydroxylation sites is 1. The predicted molar refractivity (Wildman–Crippen MR) is 131 cm³/mol. The maximum Gasteiger partial charge on any atom is 0.327 e. The van der Waals surface area contributed by atoms with Gasteiger partial charge in [-0.1, -0.05) is 42.5 Å². The Morgan fingerprint density at radius 2 is 1.53 bits per heavy atom. The Hall–Kier alpha value is -4.17. The average molecular weight is 487 g/mol. The van der Waals surface area contributed by atoms with Crippen LogP contribution < -0.4 is 10.2 Å². The molecule has 5 rings (SSSR count). The molecule has 2 saturated heterocycles. The lowest BCUT2D eigenvalue weighted by Gasteiger charge is -2.33. The zero-order chi connectivity index (χ0) is 25.4. The number of phenols is 2. The molecular formula is C28H26N2O6. The number of amides is 2. The molecule has 4 atom stereocenters. The molecule has 0 spiro atoms. The van der Waals surface area contributed by atoms with Gasteiger partial charge in [-0.15, -0.1) is 0 Å². The largest absolute Gasteiger partial charge is 0.508 e. The van der Waals surface area contributed by atoms with E-state index in [1.807, 2.05) is 0 Å². The summed E-state index contributed by atoms with van der Waals surface area (Å²) in [5, 5.41) is 22.9. The quantitative estimate of drug-likeness (QED) is 0.362. The summed E-state index contributed by atoms with van der Waals surface area (Å²) in [4.78, 5) is 42.6. The monoisotopic (exact) mass is 486 g/mol. The first kappa shape index (κ1) is 23.6. The van der Waals surface area contributed by atoms with Crippen LogP contribution in [0.5, 0.6) is 11.5 Å². The molecule has 2 heterocycles. The summed E-state index contributed by atoms with van der Waals surface area (Å²) in [5.41, 5.74) is 0.262. The SMILES string of the molecule is CCOC(=O)[C@]1(Cc2ccc(O)cc2)N[C@@H](c2ccc(O)cc2)[C@H]2C(=O)N(c3ccccc3)C(=O)[C@H]21. The number of fused-ring (bicyclic) bond motifs is 1. The molecule has 0 unspecified atom stereocenters. The van der Waals surface area contributed by atoms with Crippen molar-refractivity contribution >= 4 is 23.5 Å². The molecule has 36 heavy (non-hydrogen) atoms. The summed E-state index contributed by atoms with van der Waals surface area (Å²) >= 11 is 0. The second-order valence-corrected chi connectivity index (χ2v) is 9.10. The van der Waals surface area contributed by atoms with Crippen LogP contribution in [0.15, 0.2) is 78.9 Å². The fourth-order valence-electron chi connectivity index (χ4n) is 5.42. The zero-order valence-electron chi connectivity index (χ0n) is 19.6. The van der Waals surface area contributed by atoms with Gasteiger partial charge in [-0.2, -0.15) is 0 Å². The standard InChI is InChI=1S/C28H26N2O6/c1-2-36-27(35)28(16-17-8-12-20(31)13-9-17)23-22(24(29-28)18-10-14-21(32)15-11-18)25(33)30(26(23)34)19-6-4-3-5-7-19/h3-15,22-24,29,31-32H,2,16H2,1H3/t22-,23-,24-,28+/m0/s1. The minimum atomic E-state index is -1.53. The highest BCUT2D eigenvalue weighted by Gasteiger charge is 2.69. The third kappa shape index (κ3) is 3.79. The fourth-order valence-corrected chi connectivity index (χ4v) is 5.42.